The molecule has 0 unspecified atom stereocenters. The molecule has 2 rings (SSSR count). The van der Waals surface area contributed by atoms with Crippen LogP contribution >= 0.6 is 38.9 Å². The minimum atomic E-state index is -4.05. The van der Waals surface area contributed by atoms with Gasteiger partial charge in [-0.25, -0.2) is 22.2 Å². The lowest BCUT2D eigenvalue weighted by atomic mass is 10.3. The summed E-state index contributed by atoms with van der Waals surface area (Å²) in [5, 5.41) is 0. The molecule has 1 aromatic heterocycles. The first-order chi connectivity index (χ1) is 9.20. The Morgan fingerprint density at radius 1 is 1.40 bits per heavy atom. The standard InChI is InChI=1S/C10H6BrClF2N2O2S2/c1-4-9(19-10(12)15-4)20(17,18)16-8-6(11)2-5(13)3-7(8)14/h2-3,16H,1H3. The van der Waals surface area contributed by atoms with Crippen LogP contribution in [0.2, 0.25) is 4.47 Å². The van der Waals surface area contributed by atoms with Crippen molar-refractivity contribution < 1.29 is 17.2 Å². The molecule has 1 heterocycles. The van der Waals surface area contributed by atoms with Gasteiger partial charge in [-0.3, -0.25) is 4.72 Å². The van der Waals surface area contributed by atoms with E-state index in [9.17, 15) is 17.2 Å². The van der Waals surface area contributed by atoms with Crippen LogP contribution < -0.4 is 4.72 Å². The third-order valence-corrected chi connectivity index (χ3v) is 6.06. The van der Waals surface area contributed by atoms with Crippen molar-refractivity contribution in [3.05, 3.63) is 38.4 Å². The summed E-state index contributed by atoms with van der Waals surface area (Å²) in [6, 6.07) is 1.53. The molecule has 0 aliphatic carbocycles. The van der Waals surface area contributed by atoms with E-state index in [1.807, 2.05) is 4.72 Å². The van der Waals surface area contributed by atoms with Crippen molar-refractivity contribution in [3.63, 3.8) is 0 Å². The SMILES string of the molecule is Cc1nc(Cl)sc1S(=O)(=O)Nc1c(F)cc(F)cc1Br. The van der Waals surface area contributed by atoms with E-state index in [4.69, 9.17) is 11.6 Å². The van der Waals surface area contributed by atoms with Gasteiger partial charge in [0.25, 0.3) is 10.0 Å². The highest BCUT2D eigenvalue weighted by molar-refractivity contribution is 9.10. The highest BCUT2D eigenvalue weighted by atomic mass is 79.9. The van der Waals surface area contributed by atoms with Crippen LogP contribution in [0.25, 0.3) is 0 Å². The molecular formula is C10H6BrClF2N2O2S2. The Morgan fingerprint density at radius 3 is 2.55 bits per heavy atom. The quantitative estimate of drug-likeness (QED) is 0.844. The zero-order valence-corrected chi connectivity index (χ0v) is 13.7. The van der Waals surface area contributed by atoms with Gasteiger partial charge in [0.1, 0.15) is 5.82 Å². The number of rotatable bonds is 3. The van der Waals surface area contributed by atoms with Crippen LogP contribution in [0.3, 0.4) is 0 Å². The smallest absolute Gasteiger partial charge is 0.273 e. The van der Waals surface area contributed by atoms with Gasteiger partial charge in [-0.2, -0.15) is 0 Å². The number of hydrogen-bond acceptors (Lipinski definition) is 4. The number of sulfonamides is 1. The van der Waals surface area contributed by atoms with Crippen molar-refractivity contribution >= 4 is 54.6 Å². The van der Waals surface area contributed by atoms with Gasteiger partial charge >= 0.3 is 0 Å². The highest BCUT2D eigenvalue weighted by Crippen LogP contribution is 2.32. The molecule has 0 aliphatic rings. The van der Waals surface area contributed by atoms with E-state index in [2.05, 4.69) is 20.9 Å². The Labute approximate surface area is 131 Å². The minimum Gasteiger partial charge on any atom is -0.275 e. The summed E-state index contributed by atoms with van der Waals surface area (Å²) in [5.41, 5.74) is -0.179. The second-order valence-electron chi connectivity index (χ2n) is 3.69. The summed E-state index contributed by atoms with van der Waals surface area (Å²) in [7, 11) is -4.05. The van der Waals surface area contributed by atoms with Crippen LogP contribution in [0, 0.1) is 18.6 Å². The lowest BCUT2D eigenvalue weighted by Gasteiger charge is -2.10. The van der Waals surface area contributed by atoms with Crippen LogP contribution in [0.1, 0.15) is 5.69 Å². The summed E-state index contributed by atoms with van der Waals surface area (Å²) >= 11 is 9.29. The molecule has 0 radical (unpaired) electrons. The number of anilines is 1. The van der Waals surface area contributed by atoms with Crippen molar-refractivity contribution in [1.29, 1.82) is 0 Å². The number of nitrogens with one attached hydrogen (secondary N) is 1. The topological polar surface area (TPSA) is 59.1 Å². The molecule has 4 nitrogen and oxygen atoms in total. The normalized spacial score (nSPS) is 11.7. The molecule has 0 bridgehead atoms. The maximum atomic E-state index is 13.6. The zero-order chi connectivity index (χ0) is 15.1. The Kier molecular flexibility index (Phi) is 4.33. The van der Waals surface area contributed by atoms with E-state index in [1.54, 1.807) is 0 Å². The Balaban J connectivity index is 2.46. The van der Waals surface area contributed by atoms with Crippen molar-refractivity contribution in [3.8, 4) is 0 Å². The van der Waals surface area contributed by atoms with Gasteiger partial charge in [0.15, 0.2) is 14.5 Å². The second-order valence-corrected chi connectivity index (χ2v) is 8.00. The van der Waals surface area contributed by atoms with Gasteiger partial charge in [0.2, 0.25) is 0 Å². The maximum Gasteiger partial charge on any atom is 0.273 e. The summed E-state index contributed by atoms with van der Waals surface area (Å²) in [4.78, 5) is 3.78. The summed E-state index contributed by atoms with van der Waals surface area (Å²) in [5.74, 6) is -1.86. The van der Waals surface area contributed by atoms with Gasteiger partial charge < -0.3 is 0 Å². The molecule has 10 heteroatoms. The van der Waals surface area contributed by atoms with E-state index in [1.165, 1.54) is 6.92 Å². The molecule has 20 heavy (non-hydrogen) atoms. The molecule has 0 amide bonds. The fourth-order valence-electron chi connectivity index (χ4n) is 1.42. The van der Waals surface area contributed by atoms with E-state index in [-0.39, 0.29) is 24.5 Å². The average molecular weight is 404 g/mol. The highest BCUT2D eigenvalue weighted by Gasteiger charge is 2.24. The van der Waals surface area contributed by atoms with Crippen LogP contribution in [-0.4, -0.2) is 13.4 Å². The first-order valence-electron chi connectivity index (χ1n) is 5.01. The molecule has 2 aromatic rings. The molecule has 0 saturated heterocycles. The fraction of sp³-hybridized carbons (Fsp3) is 0.100. The molecular weight excluding hydrogens is 398 g/mol. The number of halogens is 4. The summed E-state index contributed by atoms with van der Waals surface area (Å²) in [6.07, 6.45) is 0. The lowest BCUT2D eigenvalue weighted by Crippen LogP contribution is -2.14. The van der Waals surface area contributed by atoms with Crippen LogP contribution in [-0.2, 0) is 10.0 Å². The van der Waals surface area contributed by atoms with E-state index >= 15 is 0 Å². The molecule has 108 valence electrons. The maximum absolute atomic E-state index is 13.6. The van der Waals surface area contributed by atoms with Crippen molar-refractivity contribution in [2.75, 3.05) is 4.72 Å². The molecule has 1 N–H and O–H groups in total. The molecule has 0 saturated carbocycles. The van der Waals surface area contributed by atoms with Crippen LogP contribution in [0.15, 0.2) is 20.8 Å². The Morgan fingerprint density at radius 2 is 2.05 bits per heavy atom. The first kappa shape index (κ1) is 15.6. The predicted octanol–water partition coefficient (Wildman–Crippen LogP) is 3.95. The van der Waals surface area contributed by atoms with Gasteiger partial charge in [-0.05, 0) is 28.9 Å². The van der Waals surface area contributed by atoms with Crippen molar-refractivity contribution in [2.24, 2.45) is 0 Å². The monoisotopic (exact) mass is 402 g/mol. The molecule has 0 atom stereocenters. The molecule has 0 fully saturated rings. The number of nitrogens with zero attached hydrogens (tertiary/aromatic N) is 1. The predicted molar refractivity (Wildman–Crippen MR) is 76.7 cm³/mol. The number of thiazole rings is 1. The largest absolute Gasteiger partial charge is 0.275 e. The van der Waals surface area contributed by atoms with Gasteiger partial charge in [0, 0.05) is 10.5 Å². The Bertz CT molecular complexity index is 757. The minimum absolute atomic E-state index is 0.0492. The van der Waals surface area contributed by atoms with Crippen LogP contribution in [0.4, 0.5) is 14.5 Å². The number of aryl methyl sites for hydroxylation is 1. The molecule has 0 spiro atoms. The number of hydrogen-bond donors (Lipinski definition) is 1. The van der Waals surface area contributed by atoms with Gasteiger partial charge in [-0.15, -0.1) is 0 Å². The molecule has 0 aliphatic heterocycles. The number of benzene rings is 1. The van der Waals surface area contributed by atoms with E-state index in [0.717, 1.165) is 17.4 Å². The van der Waals surface area contributed by atoms with E-state index in [0.29, 0.717) is 6.07 Å². The number of aromatic nitrogens is 1. The third kappa shape index (κ3) is 3.11. The van der Waals surface area contributed by atoms with Gasteiger partial charge in [0.05, 0.1) is 11.4 Å². The van der Waals surface area contributed by atoms with Crippen molar-refractivity contribution in [1.82, 2.24) is 4.98 Å². The summed E-state index contributed by atoms with van der Waals surface area (Å²) < 4.78 is 52.8. The van der Waals surface area contributed by atoms with Crippen molar-refractivity contribution in [2.45, 2.75) is 11.1 Å². The molecule has 1 aromatic carbocycles. The summed E-state index contributed by atoms with van der Waals surface area (Å²) in [6.45, 7) is 1.47. The second kappa shape index (κ2) is 5.55. The van der Waals surface area contributed by atoms with E-state index < -0.39 is 21.7 Å². The van der Waals surface area contributed by atoms with Gasteiger partial charge in [-0.1, -0.05) is 22.9 Å². The lowest BCUT2D eigenvalue weighted by molar-refractivity contribution is 0.581. The Hall–Kier alpha value is -0.770. The third-order valence-electron chi connectivity index (χ3n) is 2.22. The first-order valence-corrected chi connectivity index (χ1v) is 8.48. The average Bonchev–Trinajstić information content (AvgIpc) is 2.64. The zero-order valence-electron chi connectivity index (χ0n) is 9.75. The van der Waals surface area contributed by atoms with Crippen LogP contribution in [0.5, 0.6) is 0 Å². The fourth-order valence-corrected chi connectivity index (χ4v) is 4.89.